The van der Waals surface area contributed by atoms with Gasteiger partial charge in [0.2, 0.25) is 0 Å². The third-order valence-electron chi connectivity index (χ3n) is 1.37. The molecule has 54 valence electrons. The zero-order valence-electron chi connectivity index (χ0n) is 4.85. The molecule has 0 amide bonds. The molecule has 0 aromatic heterocycles. The molecule has 0 aliphatic carbocycles. The second-order valence-electron chi connectivity index (χ2n) is 2.08. The van der Waals surface area contributed by atoms with Crippen molar-refractivity contribution in [3.63, 3.8) is 0 Å². The number of halogens is 2. The van der Waals surface area contributed by atoms with Gasteiger partial charge in [-0.2, -0.15) is 0 Å². The number of alkyl halides is 2. The van der Waals surface area contributed by atoms with Gasteiger partial charge in [-0.3, -0.25) is 4.21 Å². The molecule has 1 fully saturated rings. The van der Waals surface area contributed by atoms with Crippen molar-refractivity contribution in [3.8, 4) is 0 Å². The molecule has 1 rings (SSSR count). The van der Waals surface area contributed by atoms with E-state index in [2.05, 4.69) is 0 Å². The maximum Gasteiger partial charge on any atom is 0.110 e. The van der Waals surface area contributed by atoms with Crippen LogP contribution in [0.5, 0.6) is 0 Å². The molecule has 1 saturated heterocycles. The van der Waals surface area contributed by atoms with Crippen LogP contribution in [0.4, 0.5) is 0 Å². The molecule has 0 saturated carbocycles. The molecule has 0 bridgehead atoms. The summed E-state index contributed by atoms with van der Waals surface area (Å²) >= 11 is 11.4. The van der Waals surface area contributed by atoms with Crippen LogP contribution in [-0.2, 0) is 10.8 Å². The van der Waals surface area contributed by atoms with Crippen molar-refractivity contribution in [2.24, 2.45) is 0 Å². The van der Waals surface area contributed by atoms with Gasteiger partial charge in [0.25, 0.3) is 0 Å². The molecule has 0 N–H and O–H groups in total. The summed E-state index contributed by atoms with van der Waals surface area (Å²) < 4.78 is 10.6. The minimum absolute atomic E-state index is 0.207. The molecular formula is C5H8Cl2OS. The number of hydrogen-bond donors (Lipinski definition) is 0. The lowest BCUT2D eigenvalue weighted by molar-refractivity contribution is 0.639. The SMILES string of the molecule is O=S1[C@H](Cl)CCC[C@@H]1Cl. The van der Waals surface area contributed by atoms with Crippen LogP contribution in [0.25, 0.3) is 0 Å². The Labute approximate surface area is 67.2 Å². The highest BCUT2D eigenvalue weighted by molar-refractivity contribution is 7.88. The van der Waals surface area contributed by atoms with Crippen LogP contribution < -0.4 is 0 Å². The summed E-state index contributed by atoms with van der Waals surface area (Å²) in [5, 5.41) is 0. The van der Waals surface area contributed by atoms with E-state index in [1.807, 2.05) is 0 Å². The van der Waals surface area contributed by atoms with Crippen LogP contribution >= 0.6 is 23.2 Å². The Morgan fingerprint density at radius 3 is 2.00 bits per heavy atom. The van der Waals surface area contributed by atoms with Crippen molar-refractivity contribution in [2.75, 3.05) is 0 Å². The molecular weight excluding hydrogens is 179 g/mol. The topological polar surface area (TPSA) is 17.1 Å². The molecule has 0 spiro atoms. The van der Waals surface area contributed by atoms with E-state index in [1.54, 1.807) is 0 Å². The quantitative estimate of drug-likeness (QED) is 0.530. The Hall–Kier alpha value is 0.730. The van der Waals surface area contributed by atoms with E-state index in [9.17, 15) is 4.21 Å². The van der Waals surface area contributed by atoms with Crippen LogP contribution in [0.2, 0.25) is 0 Å². The molecule has 0 aromatic rings. The van der Waals surface area contributed by atoms with E-state index in [0.717, 1.165) is 19.3 Å². The average Bonchev–Trinajstić information content (AvgIpc) is 1.83. The number of hydrogen-bond acceptors (Lipinski definition) is 1. The predicted octanol–water partition coefficient (Wildman–Crippen LogP) is 2.05. The fourth-order valence-electron chi connectivity index (χ4n) is 0.831. The molecule has 9 heavy (non-hydrogen) atoms. The lowest BCUT2D eigenvalue weighted by Crippen LogP contribution is -2.22. The number of rotatable bonds is 0. The molecule has 1 nitrogen and oxygen atoms in total. The normalized spacial score (nSPS) is 44.9. The van der Waals surface area contributed by atoms with Crippen molar-refractivity contribution in [1.82, 2.24) is 0 Å². The molecule has 0 aromatic carbocycles. The third-order valence-corrected chi connectivity index (χ3v) is 4.34. The van der Waals surface area contributed by atoms with Gasteiger partial charge in [0, 0.05) is 0 Å². The van der Waals surface area contributed by atoms with Crippen molar-refractivity contribution in [1.29, 1.82) is 0 Å². The lowest BCUT2D eigenvalue weighted by Gasteiger charge is -2.19. The zero-order chi connectivity index (χ0) is 6.85. The highest BCUT2D eigenvalue weighted by atomic mass is 35.5. The van der Waals surface area contributed by atoms with Crippen LogP contribution in [-0.4, -0.2) is 13.6 Å². The lowest BCUT2D eigenvalue weighted by atomic mass is 10.3. The summed E-state index contributed by atoms with van der Waals surface area (Å²) in [6, 6.07) is 0. The minimum Gasteiger partial charge on any atom is -0.257 e. The van der Waals surface area contributed by atoms with Gasteiger partial charge in [0.05, 0.1) is 10.8 Å². The minimum atomic E-state index is -0.999. The van der Waals surface area contributed by atoms with Gasteiger partial charge in [0.15, 0.2) is 0 Å². The van der Waals surface area contributed by atoms with Gasteiger partial charge in [-0.1, -0.05) is 0 Å². The molecule has 1 unspecified atom stereocenters. The molecule has 1 heterocycles. The fourth-order valence-corrected chi connectivity index (χ4v) is 3.16. The summed E-state index contributed by atoms with van der Waals surface area (Å²) in [4.78, 5) is 0. The monoisotopic (exact) mass is 186 g/mol. The van der Waals surface area contributed by atoms with E-state index in [-0.39, 0.29) is 9.42 Å². The molecule has 1 aliphatic rings. The smallest absolute Gasteiger partial charge is 0.110 e. The summed E-state index contributed by atoms with van der Waals surface area (Å²) in [6.45, 7) is 0. The molecule has 4 heteroatoms. The van der Waals surface area contributed by atoms with E-state index in [1.165, 1.54) is 0 Å². The second-order valence-corrected chi connectivity index (χ2v) is 5.45. The van der Waals surface area contributed by atoms with Gasteiger partial charge in [-0.05, 0) is 19.3 Å². The largest absolute Gasteiger partial charge is 0.257 e. The van der Waals surface area contributed by atoms with Crippen LogP contribution in [0.3, 0.4) is 0 Å². The summed E-state index contributed by atoms with van der Waals surface area (Å²) in [7, 11) is -0.999. The Morgan fingerprint density at radius 1 is 1.22 bits per heavy atom. The molecule has 1 aliphatic heterocycles. The molecule has 3 atom stereocenters. The van der Waals surface area contributed by atoms with Gasteiger partial charge in [0.1, 0.15) is 9.42 Å². The Kier molecular flexibility index (Phi) is 2.80. The summed E-state index contributed by atoms with van der Waals surface area (Å²) in [6.07, 6.45) is 2.70. The van der Waals surface area contributed by atoms with Gasteiger partial charge in [-0.25, -0.2) is 0 Å². The zero-order valence-corrected chi connectivity index (χ0v) is 7.18. The van der Waals surface area contributed by atoms with Crippen molar-refractivity contribution < 1.29 is 4.21 Å². The van der Waals surface area contributed by atoms with Crippen molar-refractivity contribution >= 4 is 34.0 Å². The fraction of sp³-hybridized carbons (Fsp3) is 1.00. The highest BCUT2D eigenvalue weighted by Crippen LogP contribution is 2.26. The highest BCUT2D eigenvalue weighted by Gasteiger charge is 2.25. The van der Waals surface area contributed by atoms with E-state index >= 15 is 0 Å². The van der Waals surface area contributed by atoms with E-state index < -0.39 is 10.8 Å². The van der Waals surface area contributed by atoms with Gasteiger partial charge >= 0.3 is 0 Å². The van der Waals surface area contributed by atoms with Crippen LogP contribution in [0.1, 0.15) is 19.3 Å². The van der Waals surface area contributed by atoms with Crippen molar-refractivity contribution in [2.45, 2.75) is 28.7 Å². The second kappa shape index (κ2) is 3.22. The summed E-state index contributed by atoms with van der Waals surface area (Å²) in [5.41, 5.74) is 0. The van der Waals surface area contributed by atoms with E-state index in [0.29, 0.717) is 0 Å². The summed E-state index contributed by atoms with van der Waals surface area (Å²) in [5.74, 6) is 0. The first kappa shape index (κ1) is 7.83. The Morgan fingerprint density at radius 2 is 1.67 bits per heavy atom. The Bertz CT molecular complexity index is 116. The third kappa shape index (κ3) is 1.82. The van der Waals surface area contributed by atoms with Gasteiger partial charge < -0.3 is 0 Å². The first-order valence-corrected chi connectivity index (χ1v) is 5.04. The van der Waals surface area contributed by atoms with E-state index in [4.69, 9.17) is 23.2 Å². The van der Waals surface area contributed by atoms with Gasteiger partial charge in [-0.15, -0.1) is 23.2 Å². The first-order valence-electron chi connectivity index (χ1n) is 2.89. The maximum atomic E-state index is 11.0. The standard InChI is InChI=1S/C5H8Cl2OS/c6-4-2-1-3-5(7)9(4)8/h4-5H,1-3H2/t4-,5+,9?. The van der Waals surface area contributed by atoms with Crippen molar-refractivity contribution in [3.05, 3.63) is 0 Å². The van der Waals surface area contributed by atoms with Crippen LogP contribution in [0, 0.1) is 0 Å². The molecule has 0 radical (unpaired) electrons. The average molecular weight is 187 g/mol. The predicted molar refractivity (Wildman–Crippen MR) is 41.3 cm³/mol. The first-order chi connectivity index (χ1) is 4.22. The maximum absolute atomic E-state index is 11.0. The van der Waals surface area contributed by atoms with Crippen LogP contribution in [0.15, 0.2) is 0 Å². The Balaban J connectivity index is 2.52.